The maximum absolute atomic E-state index is 12.4. The van der Waals surface area contributed by atoms with Crippen molar-refractivity contribution in [3.8, 4) is 0 Å². The lowest BCUT2D eigenvalue weighted by molar-refractivity contribution is -0.137. The summed E-state index contributed by atoms with van der Waals surface area (Å²) in [4.78, 5) is 15.1. The zero-order chi connectivity index (χ0) is 13.3. The van der Waals surface area contributed by atoms with Crippen molar-refractivity contribution in [1.29, 1.82) is 0 Å². The fourth-order valence-electron chi connectivity index (χ4n) is 1.48. The summed E-state index contributed by atoms with van der Waals surface area (Å²) in [7, 11) is 1.53. The highest BCUT2D eigenvalue weighted by Gasteiger charge is 2.30. The second-order valence-corrected chi connectivity index (χ2v) is 3.80. The van der Waals surface area contributed by atoms with Crippen LogP contribution >= 0.6 is 0 Å². The highest BCUT2D eigenvalue weighted by Crippen LogP contribution is 2.29. The summed E-state index contributed by atoms with van der Waals surface area (Å²) in [6.07, 6.45) is -4.35. The Morgan fingerprint density at radius 1 is 1.28 bits per heavy atom. The summed E-state index contributed by atoms with van der Waals surface area (Å²) in [6.45, 7) is -0.0140. The first-order valence-electron chi connectivity index (χ1n) is 5.13. The van der Waals surface area contributed by atoms with Crippen LogP contribution in [0.4, 0.5) is 13.2 Å². The van der Waals surface area contributed by atoms with Crippen molar-refractivity contribution < 1.29 is 18.0 Å². The summed E-state index contributed by atoms with van der Waals surface area (Å²) >= 11 is 0. The predicted octanol–water partition coefficient (Wildman–Crippen LogP) is 1.43. The maximum Gasteiger partial charge on any atom is 0.416 e. The molecule has 18 heavy (non-hydrogen) atoms. The number of rotatable bonds is 1. The molecular formula is C11H10F3N3O. The van der Waals surface area contributed by atoms with Crippen LogP contribution < -0.4 is 5.43 Å². The first-order valence-corrected chi connectivity index (χ1v) is 5.13. The van der Waals surface area contributed by atoms with Crippen LogP contribution in [0.2, 0.25) is 0 Å². The standard InChI is InChI=1S/C11H10F3N3O/c1-17-9(18)6-15-10(16-17)7-2-4-8(5-3-7)11(12,13)14/h2-5H,6H2,1H3,(H,15,16). The number of carbonyl (C=O) groups excluding carboxylic acids is 1. The van der Waals surface area contributed by atoms with Gasteiger partial charge < -0.3 is 0 Å². The Balaban J connectivity index is 2.23. The molecule has 1 aromatic rings. The van der Waals surface area contributed by atoms with Crippen LogP contribution in [0.3, 0.4) is 0 Å². The molecule has 1 aliphatic heterocycles. The number of aliphatic imine (C=N–C) groups is 1. The molecule has 0 bridgehead atoms. The third kappa shape index (κ3) is 2.44. The summed E-state index contributed by atoms with van der Waals surface area (Å²) in [5.74, 6) is 0.177. The summed E-state index contributed by atoms with van der Waals surface area (Å²) in [5, 5.41) is 1.25. The molecule has 0 saturated carbocycles. The maximum atomic E-state index is 12.4. The number of nitrogens with zero attached hydrogens (tertiary/aromatic N) is 2. The third-order valence-corrected chi connectivity index (χ3v) is 2.51. The molecule has 4 nitrogen and oxygen atoms in total. The molecule has 1 aliphatic rings. The fraction of sp³-hybridized carbons (Fsp3) is 0.273. The SMILES string of the molecule is CN1NC(c2ccc(C(F)(F)F)cc2)=NCC1=O. The molecule has 0 aromatic heterocycles. The third-order valence-electron chi connectivity index (χ3n) is 2.51. The Morgan fingerprint density at radius 2 is 1.89 bits per heavy atom. The van der Waals surface area contributed by atoms with Gasteiger partial charge in [0.2, 0.25) is 0 Å². The van der Waals surface area contributed by atoms with Gasteiger partial charge in [0.05, 0.1) is 5.56 Å². The van der Waals surface area contributed by atoms with Crippen LogP contribution in [0.1, 0.15) is 11.1 Å². The van der Waals surface area contributed by atoms with Gasteiger partial charge in [-0.05, 0) is 12.1 Å². The smallest absolute Gasteiger partial charge is 0.279 e. The molecule has 0 unspecified atom stereocenters. The number of amides is 1. The van der Waals surface area contributed by atoms with Crippen molar-refractivity contribution >= 4 is 11.7 Å². The van der Waals surface area contributed by atoms with Gasteiger partial charge in [-0.2, -0.15) is 13.2 Å². The van der Waals surface area contributed by atoms with Crippen molar-refractivity contribution in [3.63, 3.8) is 0 Å². The Labute approximate surface area is 101 Å². The van der Waals surface area contributed by atoms with Crippen LogP contribution in [0, 0.1) is 0 Å². The van der Waals surface area contributed by atoms with Gasteiger partial charge in [0.15, 0.2) is 0 Å². The van der Waals surface area contributed by atoms with Gasteiger partial charge in [0, 0.05) is 12.6 Å². The molecule has 0 atom stereocenters. The van der Waals surface area contributed by atoms with Crippen molar-refractivity contribution in [3.05, 3.63) is 35.4 Å². The first-order chi connectivity index (χ1) is 8.38. The molecule has 0 saturated heterocycles. The fourth-order valence-corrected chi connectivity index (χ4v) is 1.48. The molecule has 2 rings (SSSR count). The molecular weight excluding hydrogens is 247 g/mol. The highest BCUT2D eigenvalue weighted by atomic mass is 19.4. The van der Waals surface area contributed by atoms with Crippen molar-refractivity contribution in [2.45, 2.75) is 6.18 Å². The largest absolute Gasteiger partial charge is 0.416 e. The van der Waals surface area contributed by atoms with Gasteiger partial charge >= 0.3 is 6.18 Å². The van der Waals surface area contributed by atoms with Crippen molar-refractivity contribution in [1.82, 2.24) is 10.4 Å². The van der Waals surface area contributed by atoms with Crippen molar-refractivity contribution in [2.75, 3.05) is 13.6 Å². The Kier molecular flexibility index (Phi) is 2.98. The zero-order valence-electron chi connectivity index (χ0n) is 9.45. The molecule has 1 heterocycles. The van der Waals surface area contributed by atoms with E-state index >= 15 is 0 Å². The molecule has 1 amide bonds. The van der Waals surface area contributed by atoms with Crippen LogP contribution in [0.5, 0.6) is 0 Å². The second-order valence-electron chi connectivity index (χ2n) is 3.80. The van der Waals surface area contributed by atoms with E-state index in [1.165, 1.54) is 24.2 Å². The highest BCUT2D eigenvalue weighted by molar-refractivity contribution is 6.02. The number of nitrogens with one attached hydrogen (secondary N) is 1. The minimum Gasteiger partial charge on any atom is -0.279 e. The topological polar surface area (TPSA) is 44.7 Å². The van der Waals surface area contributed by atoms with Crippen LogP contribution in [-0.4, -0.2) is 30.3 Å². The monoisotopic (exact) mass is 257 g/mol. The molecule has 1 N–H and O–H groups in total. The number of amidine groups is 1. The summed E-state index contributed by atoms with van der Waals surface area (Å²) in [5.41, 5.74) is 2.48. The quantitative estimate of drug-likeness (QED) is 0.827. The number of hydrogen-bond acceptors (Lipinski definition) is 3. The minimum absolute atomic E-state index is 0.0140. The van der Waals surface area contributed by atoms with E-state index in [9.17, 15) is 18.0 Å². The molecule has 0 radical (unpaired) electrons. The number of likely N-dealkylation sites (N-methyl/N-ethyl adjacent to an activating group) is 1. The average molecular weight is 257 g/mol. The Hall–Kier alpha value is -2.05. The van der Waals surface area contributed by atoms with Gasteiger partial charge in [-0.1, -0.05) is 12.1 Å². The van der Waals surface area contributed by atoms with Gasteiger partial charge in [0.25, 0.3) is 5.91 Å². The second kappa shape index (κ2) is 4.32. The number of carbonyl (C=O) groups is 1. The van der Waals surface area contributed by atoms with E-state index in [1.54, 1.807) is 0 Å². The zero-order valence-corrected chi connectivity index (χ0v) is 9.45. The lowest BCUT2D eigenvalue weighted by Crippen LogP contribution is -2.48. The predicted molar refractivity (Wildman–Crippen MR) is 58.8 cm³/mol. The molecule has 0 aliphatic carbocycles. The van der Waals surface area contributed by atoms with E-state index in [2.05, 4.69) is 10.4 Å². The Morgan fingerprint density at radius 3 is 2.39 bits per heavy atom. The average Bonchev–Trinajstić information content (AvgIpc) is 2.32. The van der Waals surface area contributed by atoms with E-state index in [4.69, 9.17) is 0 Å². The lowest BCUT2D eigenvalue weighted by Gasteiger charge is -2.24. The molecule has 96 valence electrons. The van der Waals surface area contributed by atoms with Crippen LogP contribution in [0.25, 0.3) is 0 Å². The van der Waals surface area contributed by atoms with Gasteiger partial charge in [-0.25, -0.2) is 0 Å². The number of halogens is 3. The lowest BCUT2D eigenvalue weighted by atomic mass is 10.1. The molecule has 0 fully saturated rings. The summed E-state index contributed by atoms with van der Waals surface area (Å²) < 4.78 is 37.1. The molecule has 1 aromatic carbocycles. The molecule has 0 spiro atoms. The minimum atomic E-state index is -4.35. The van der Waals surface area contributed by atoms with Crippen molar-refractivity contribution in [2.24, 2.45) is 4.99 Å². The van der Waals surface area contributed by atoms with Gasteiger partial charge in [-0.3, -0.25) is 20.2 Å². The van der Waals surface area contributed by atoms with Crippen LogP contribution in [-0.2, 0) is 11.0 Å². The number of alkyl halides is 3. The summed E-state index contributed by atoms with van der Waals surface area (Å²) in [6, 6.07) is 4.60. The number of hydrogen-bond donors (Lipinski definition) is 1. The van der Waals surface area contributed by atoms with Crippen LogP contribution in [0.15, 0.2) is 29.3 Å². The first kappa shape index (κ1) is 12.4. The van der Waals surface area contributed by atoms with E-state index in [0.29, 0.717) is 11.4 Å². The number of hydrazine groups is 1. The van der Waals surface area contributed by atoms with Gasteiger partial charge in [0.1, 0.15) is 12.4 Å². The normalized spacial score (nSPS) is 16.3. The van der Waals surface area contributed by atoms with E-state index < -0.39 is 11.7 Å². The number of benzene rings is 1. The Bertz CT molecular complexity index is 493. The van der Waals surface area contributed by atoms with Gasteiger partial charge in [-0.15, -0.1) is 0 Å². The van der Waals surface area contributed by atoms with E-state index in [1.807, 2.05) is 0 Å². The van der Waals surface area contributed by atoms with E-state index in [-0.39, 0.29) is 12.5 Å². The molecule has 7 heteroatoms. The van der Waals surface area contributed by atoms with E-state index in [0.717, 1.165) is 12.1 Å².